The van der Waals surface area contributed by atoms with Crippen LogP contribution in [0.1, 0.15) is 58.4 Å². The number of carbonyl (C=O) groups is 3. The van der Waals surface area contributed by atoms with Gasteiger partial charge in [0.2, 0.25) is 0 Å². The smallest absolute Gasteiger partial charge is 0.306 e. The van der Waals surface area contributed by atoms with Gasteiger partial charge in [-0.2, -0.15) is 0 Å². The van der Waals surface area contributed by atoms with Gasteiger partial charge in [-0.1, -0.05) is 36.8 Å². The molecular formula is C22H26O4. The van der Waals surface area contributed by atoms with Crippen LogP contribution in [0.5, 0.6) is 0 Å². The first-order valence-electron chi connectivity index (χ1n) is 9.08. The highest BCUT2D eigenvalue weighted by Gasteiger charge is 2.27. The molecule has 0 amide bonds. The minimum Gasteiger partial charge on any atom is -0.461 e. The van der Waals surface area contributed by atoms with Gasteiger partial charge in [0.25, 0.3) is 0 Å². The first-order chi connectivity index (χ1) is 12.4. The maximum Gasteiger partial charge on any atom is 0.306 e. The highest BCUT2D eigenvalue weighted by molar-refractivity contribution is 6.24. The largest absolute Gasteiger partial charge is 0.461 e. The standard InChI is InChI=1S/C22H26O4/c1-15-16(2)22(25)19(17(3)21(15)24)12-8-5-9-13-20(23)26-14-18-10-6-4-7-11-18/h4,6-7,10-11H,5,8-9,12-14H2,1-3H3. The topological polar surface area (TPSA) is 60.4 Å². The molecule has 1 aromatic rings. The number of ketones is 2. The fourth-order valence-corrected chi connectivity index (χ4v) is 3.01. The van der Waals surface area contributed by atoms with E-state index >= 15 is 0 Å². The van der Waals surface area contributed by atoms with E-state index in [0.29, 0.717) is 41.7 Å². The fraction of sp³-hybridized carbons (Fsp3) is 0.409. The van der Waals surface area contributed by atoms with Crippen molar-refractivity contribution in [1.29, 1.82) is 0 Å². The second-order valence-corrected chi connectivity index (χ2v) is 6.72. The maximum atomic E-state index is 12.3. The number of benzene rings is 1. The normalized spacial score (nSPS) is 14.9. The van der Waals surface area contributed by atoms with Crippen molar-refractivity contribution < 1.29 is 19.1 Å². The summed E-state index contributed by atoms with van der Waals surface area (Å²) in [6, 6.07) is 9.59. The Balaban J connectivity index is 1.70. The average Bonchev–Trinajstić information content (AvgIpc) is 2.66. The highest BCUT2D eigenvalue weighted by atomic mass is 16.5. The van der Waals surface area contributed by atoms with Crippen LogP contribution in [-0.2, 0) is 25.7 Å². The molecule has 0 atom stereocenters. The van der Waals surface area contributed by atoms with Crippen LogP contribution in [0.3, 0.4) is 0 Å². The monoisotopic (exact) mass is 354 g/mol. The van der Waals surface area contributed by atoms with Crippen molar-refractivity contribution >= 4 is 17.5 Å². The number of hydrogen-bond donors (Lipinski definition) is 0. The second kappa shape index (κ2) is 9.27. The van der Waals surface area contributed by atoms with E-state index in [1.165, 1.54) is 0 Å². The van der Waals surface area contributed by atoms with Crippen molar-refractivity contribution in [3.63, 3.8) is 0 Å². The number of ether oxygens (including phenoxy) is 1. The second-order valence-electron chi connectivity index (χ2n) is 6.72. The number of carbonyl (C=O) groups excluding carboxylic acids is 3. The van der Waals surface area contributed by atoms with Gasteiger partial charge in [-0.3, -0.25) is 14.4 Å². The Morgan fingerprint density at radius 1 is 0.846 bits per heavy atom. The van der Waals surface area contributed by atoms with Crippen molar-refractivity contribution in [2.45, 2.75) is 59.5 Å². The molecule has 0 unspecified atom stereocenters. The van der Waals surface area contributed by atoms with Crippen LogP contribution in [-0.4, -0.2) is 17.5 Å². The molecule has 0 heterocycles. The molecule has 4 heteroatoms. The Hall–Kier alpha value is -2.49. The van der Waals surface area contributed by atoms with Gasteiger partial charge in [0.05, 0.1) is 0 Å². The zero-order valence-corrected chi connectivity index (χ0v) is 15.8. The molecule has 0 saturated heterocycles. The van der Waals surface area contributed by atoms with Gasteiger partial charge in [0.1, 0.15) is 6.61 Å². The van der Waals surface area contributed by atoms with Gasteiger partial charge < -0.3 is 4.74 Å². The van der Waals surface area contributed by atoms with Gasteiger partial charge in [-0.05, 0) is 45.6 Å². The molecule has 26 heavy (non-hydrogen) atoms. The molecule has 0 aromatic heterocycles. The molecule has 138 valence electrons. The molecule has 1 aromatic carbocycles. The Morgan fingerprint density at radius 2 is 1.50 bits per heavy atom. The minimum atomic E-state index is -0.206. The molecule has 0 saturated carbocycles. The fourth-order valence-electron chi connectivity index (χ4n) is 3.01. The van der Waals surface area contributed by atoms with Crippen LogP contribution >= 0.6 is 0 Å². The first-order valence-corrected chi connectivity index (χ1v) is 9.08. The van der Waals surface area contributed by atoms with Crippen molar-refractivity contribution in [2.75, 3.05) is 0 Å². The number of esters is 1. The van der Waals surface area contributed by atoms with Crippen LogP contribution in [0.4, 0.5) is 0 Å². The summed E-state index contributed by atoms with van der Waals surface area (Å²) >= 11 is 0. The average molecular weight is 354 g/mol. The van der Waals surface area contributed by atoms with Crippen LogP contribution in [0.25, 0.3) is 0 Å². The molecule has 4 nitrogen and oxygen atoms in total. The van der Waals surface area contributed by atoms with E-state index in [2.05, 4.69) is 0 Å². The van der Waals surface area contributed by atoms with Crippen LogP contribution in [0.2, 0.25) is 0 Å². The van der Waals surface area contributed by atoms with Gasteiger partial charge >= 0.3 is 5.97 Å². The summed E-state index contributed by atoms with van der Waals surface area (Å²) in [4.78, 5) is 36.2. The van der Waals surface area contributed by atoms with Crippen molar-refractivity contribution in [3.05, 3.63) is 58.2 Å². The first kappa shape index (κ1) is 19.8. The van der Waals surface area contributed by atoms with Crippen molar-refractivity contribution in [2.24, 2.45) is 0 Å². The van der Waals surface area contributed by atoms with Gasteiger partial charge in [-0.25, -0.2) is 0 Å². The van der Waals surface area contributed by atoms with E-state index in [4.69, 9.17) is 4.74 Å². The summed E-state index contributed by atoms with van der Waals surface area (Å²) < 4.78 is 5.25. The Labute approximate surface area is 154 Å². The van der Waals surface area contributed by atoms with E-state index < -0.39 is 0 Å². The maximum absolute atomic E-state index is 12.3. The Bertz CT molecular complexity index is 754. The van der Waals surface area contributed by atoms with E-state index in [9.17, 15) is 14.4 Å². The van der Waals surface area contributed by atoms with Gasteiger partial charge in [0.15, 0.2) is 11.6 Å². The molecule has 2 rings (SSSR count). The Morgan fingerprint density at radius 3 is 2.19 bits per heavy atom. The lowest BCUT2D eigenvalue weighted by Crippen LogP contribution is -2.20. The zero-order valence-electron chi connectivity index (χ0n) is 15.8. The van der Waals surface area contributed by atoms with Gasteiger partial charge in [0, 0.05) is 28.7 Å². The molecule has 1 aliphatic carbocycles. The molecule has 0 spiro atoms. The van der Waals surface area contributed by atoms with E-state index in [-0.39, 0.29) is 17.5 Å². The molecule has 1 aliphatic rings. The molecule has 0 bridgehead atoms. The predicted octanol–water partition coefficient (Wildman–Crippen LogP) is 4.49. The third kappa shape index (κ3) is 5.01. The molecule has 0 radical (unpaired) electrons. The highest BCUT2D eigenvalue weighted by Crippen LogP contribution is 2.27. The summed E-state index contributed by atoms with van der Waals surface area (Å²) in [5, 5.41) is 0. The number of hydrogen-bond acceptors (Lipinski definition) is 4. The van der Waals surface area contributed by atoms with Crippen molar-refractivity contribution in [1.82, 2.24) is 0 Å². The van der Waals surface area contributed by atoms with E-state index in [0.717, 1.165) is 24.8 Å². The Kier molecular flexibility index (Phi) is 7.07. The number of rotatable bonds is 8. The summed E-state index contributed by atoms with van der Waals surface area (Å²) in [6.45, 7) is 5.45. The summed E-state index contributed by atoms with van der Waals surface area (Å²) in [5.74, 6) is -0.244. The lowest BCUT2D eigenvalue weighted by Gasteiger charge is -2.18. The zero-order chi connectivity index (χ0) is 19.1. The third-order valence-corrected chi connectivity index (χ3v) is 4.86. The van der Waals surface area contributed by atoms with E-state index in [1.807, 2.05) is 30.3 Å². The summed E-state index contributed by atoms with van der Waals surface area (Å²) in [6.07, 6.45) is 3.27. The van der Waals surface area contributed by atoms with Crippen LogP contribution < -0.4 is 0 Å². The van der Waals surface area contributed by atoms with Crippen LogP contribution in [0.15, 0.2) is 52.6 Å². The van der Waals surface area contributed by atoms with Gasteiger partial charge in [-0.15, -0.1) is 0 Å². The summed E-state index contributed by atoms with van der Waals surface area (Å²) in [5.41, 5.74) is 3.28. The lowest BCUT2D eigenvalue weighted by atomic mass is 9.84. The SMILES string of the molecule is CC1=C(C)C(=O)C(CCCCCC(=O)OCc2ccccc2)=C(C)C1=O. The molecule has 0 fully saturated rings. The number of allylic oxidation sites excluding steroid dienone is 4. The number of Topliss-reactive ketones (excluding diaryl/α,β-unsaturated/α-hetero) is 2. The summed E-state index contributed by atoms with van der Waals surface area (Å²) in [7, 11) is 0. The molecule has 0 aliphatic heterocycles. The lowest BCUT2D eigenvalue weighted by molar-refractivity contribution is -0.145. The minimum absolute atomic E-state index is 0.0122. The quantitative estimate of drug-likeness (QED) is 0.392. The van der Waals surface area contributed by atoms with Crippen LogP contribution in [0, 0.1) is 0 Å². The third-order valence-electron chi connectivity index (χ3n) is 4.86. The molecule has 0 N–H and O–H groups in total. The van der Waals surface area contributed by atoms with E-state index in [1.54, 1.807) is 20.8 Å². The molecular weight excluding hydrogens is 328 g/mol. The number of unbranched alkanes of at least 4 members (excludes halogenated alkanes) is 2. The van der Waals surface area contributed by atoms with Crippen molar-refractivity contribution in [3.8, 4) is 0 Å². The predicted molar refractivity (Wildman–Crippen MR) is 100 cm³/mol.